The monoisotopic (exact) mass is 511 g/mol. The molecule has 12 heteroatoms. The Kier molecular flexibility index (Phi) is 7.09. The minimum absolute atomic E-state index is 0.0957. The number of benzene rings is 2. The Labute approximate surface area is 208 Å². The number of H-pyrrole nitrogens is 1. The van der Waals surface area contributed by atoms with Crippen LogP contribution in [0.2, 0.25) is 0 Å². The van der Waals surface area contributed by atoms with E-state index >= 15 is 0 Å². The van der Waals surface area contributed by atoms with Crippen LogP contribution in [0.25, 0.3) is 11.2 Å². The highest BCUT2D eigenvalue weighted by atomic mass is 19.4. The van der Waals surface area contributed by atoms with E-state index in [2.05, 4.69) is 36.9 Å². The number of carbonyl (C=O) groups is 2. The van der Waals surface area contributed by atoms with Gasteiger partial charge in [-0.2, -0.15) is 0 Å². The number of alkyl halides is 3. The lowest BCUT2D eigenvalue weighted by atomic mass is 10.1. The smallest absolute Gasteiger partial charge is 0.437 e. The first-order chi connectivity index (χ1) is 17.6. The molecule has 0 aliphatic carbocycles. The number of hydrogen-bond donors (Lipinski definition) is 3. The summed E-state index contributed by atoms with van der Waals surface area (Å²) in [5.74, 6) is -0.833. The molecule has 0 saturated carbocycles. The molecule has 2 aromatic carbocycles. The van der Waals surface area contributed by atoms with Crippen molar-refractivity contribution in [2.75, 3.05) is 5.32 Å². The molecule has 4 aromatic rings. The van der Waals surface area contributed by atoms with Gasteiger partial charge in [0.15, 0.2) is 5.65 Å². The number of amides is 2. The number of halogens is 3. The van der Waals surface area contributed by atoms with Gasteiger partial charge in [0, 0.05) is 18.0 Å². The Bertz CT molecular complexity index is 1470. The molecule has 0 bridgehead atoms. The van der Waals surface area contributed by atoms with Gasteiger partial charge in [-0.25, -0.2) is 9.97 Å². The standard InChI is InChI=1S/C25H20F3N5O4/c1-3-20(34)32-16-7-5-8-17(11-16)36-21-13-30-23-22(33-21)19(12-29-23)24(35)31-14(2)15-6-4-9-18(10-15)37-25(26,27)28/h3-14H,1H2,2H3,(H,29,30)(H,31,35)(H,32,34)/t14-/m0/s1. The van der Waals surface area contributed by atoms with Gasteiger partial charge in [0.05, 0.1) is 17.8 Å². The molecule has 4 rings (SSSR count). The third kappa shape index (κ3) is 6.42. The fourth-order valence-electron chi connectivity index (χ4n) is 3.39. The van der Waals surface area contributed by atoms with Gasteiger partial charge in [0.2, 0.25) is 11.8 Å². The van der Waals surface area contributed by atoms with Crippen molar-refractivity contribution in [2.24, 2.45) is 0 Å². The van der Waals surface area contributed by atoms with E-state index in [0.717, 1.165) is 6.08 Å². The number of hydrogen-bond acceptors (Lipinski definition) is 6. The van der Waals surface area contributed by atoms with Crippen molar-refractivity contribution in [3.8, 4) is 17.4 Å². The summed E-state index contributed by atoms with van der Waals surface area (Å²) in [7, 11) is 0. The van der Waals surface area contributed by atoms with Gasteiger partial charge in [-0.05, 0) is 42.8 Å². The Morgan fingerprint density at radius 2 is 1.89 bits per heavy atom. The highest BCUT2D eigenvalue weighted by molar-refractivity contribution is 6.04. The number of nitrogens with one attached hydrogen (secondary N) is 3. The van der Waals surface area contributed by atoms with Crippen LogP contribution in [0.3, 0.4) is 0 Å². The predicted octanol–water partition coefficient (Wildman–Crippen LogP) is 5.26. The van der Waals surface area contributed by atoms with Gasteiger partial charge in [0.25, 0.3) is 5.91 Å². The molecule has 3 N–H and O–H groups in total. The molecule has 2 heterocycles. The van der Waals surface area contributed by atoms with Gasteiger partial charge in [0.1, 0.15) is 17.0 Å². The van der Waals surface area contributed by atoms with Gasteiger partial charge < -0.3 is 25.1 Å². The summed E-state index contributed by atoms with van der Waals surface area (Å²) in [6, 6.07) is 11.3. The Balaban J connectivity index is 1.51. The molecule has 190 valence electrons. The van der Waals surface area contributed by atoms with Gasteiger partial charge >= 0.3 is 6.36 Å². The summed E-state index contributed by atoms with van der Waals surface area (Å²) in [4.78, 5) is 35.9. The fourth-order valence-corrected chi connectivity index (χ4v) is 3.39. The van der Waals surface area contributed by atoms with E-state index in [1.165, 1.54) is 30.6 Å². The van der Waals surface area contributed by atoms with E-state index in [-0.39, 0.29) is 28.6 Å². The number of aromatic nitrogens is 3. The van der Waals surface area contributed by atoms with Crippen molar-refractivity contribution in [2.45, 2.75) is 19.3 Å². The maximum atomic E-state index is 13.0. The van der Waals surface area contributed by atoms with Crippen molar-refractivity contribution >= 4 is 28.7 Å². The van der Waals surface area contributed by atoms with E-state index in [0.29, 0.717) is 22.6 Å². The minimum atomic E-state index is -4.82. The lowest BCUT2D eigenvalue weighted by Crippen LogP contribution is -2.26. The first-order valence-electron chi connectivity index (χ1n) is 10.8. The summed E-state index contributed by atoms with van der Waals surface area (Å²) in [6.45, 7) is 5.02. The number of carbonyl (C=O) groups excluding carboxylic acids is 2. The summed E-state index contributed by atoms with van der Waals surface area (Å²) >= 11 is 0. The van der Waals surface area contributed by atoms with E-state index < -0.39 is 18.3 Å². The zero-order valence-corrected chi connectivity index (χ0v) is 19.3. The van der Waals surface area contributed by atoms with Crippen LogP contribution < -0.4 is 20.1 Å². The average molecular weight is 511 g/mol. The maximum Gasteiger partial charge on any atom is 0.573 e. The lowest BCUT2D eigenvalue weighted by molar-refractivity contribution is -0.274. The predicted molar refractivity (Wildman–Crippen MR) is 128 cm³/mol. The lowest BCUT2D eigenvalue weighted by Gasteiger charge is -2.16. The largest absolute Gasteiger partial charge is 0.573 e. The molecule has 0 saturated heterocycles. The summed E-state index contributed by atoms with van der Waals surface area (Å²) in [5, 5.41) is 5.35. The number of rotatable bonds is 8. The Morgan fingerprint density at radius 3 is 2.65 bits per heavy atom. The average Bonchev–Trinajstić information content (AvgIpc) is 3.26. The zero-order valence-electron chi connectivity index (χ0n) is 19.3. The number of ether oxygens (including phenoxy) is 2. The quantitative estimate of drug-likeness (QED) is 0.278. The first kappa shape index (κ1) is 25.2. The van der Waals surface area contributed by atoms with E-state index in [4.69, 9.17) is 4.74 Å². The molecule has 9 nitrogen and oxygen atoms in total. The number of nitrogens with zero attached hydrogens (tertiary/aromatic N) is 2. The van der Waals surface area contributed by atoms with Crippen LogP contribution in [-0.2, 0) is 4.79 Å². The van der Waals surface area contributed by atoms with Crippen LogP contribution >= 0.6 is 0 Å². The van der Waals surface area contributed by atoms with Gasteiger partial charge in [-0.3, -0.25) is 9.59 Å². The molecule has 0 radical (unpaired) electrons. The molecule has 0 fully saturated rings. The number of aromatic amines is 1. The second-order valence-corrected chi connectivity index (χ2v) is 7.75. The Morgan fingerprint density at radius 1 is 1.14 bits per heavy atom. The SMILES string of the molecule is C=CC(=O)Nc1cccc(Oc2cnc3[nH]cc(C(=O)N[C@@H](C)c4cccc(OC(F)(F)F)c4)c3n2)c1. The third-order valence-corrected chi connectivity index (χ3v) is 5.05. The van der Waals surface area contributed by atoms with Crippen LogP contribution in [0.5, 0.6) is 17.4 Å². The summed E-state index contributed by atoms with van der Waals surface area (Å²) in [5.41, 5.74) is 1.62. The van der Waals surface area contributed by atoms with Crippen LogP contribution in [-0.4, -0.2) is 33.1 Å². The molecule has 37 heavy (non-hydrogen) atoms. The molecule has 0 unspecified atom stereocenters. The Hall–Kier alpha value is -4.87. The summed E-state index contributed by atoms with van der Waals surface area (Å²) < 4.78 is 47.3. The number of anilines is 1. The van der Waals surface area contributed by atoms with E-state index in [1.54, 1.807) is 37.3 Å². The molecule has 0 spiro atoms. The van der Waals surface area contributed by atoms with E-state index in [9.17, 15) is 22.8 Å². The number of fused-ring (bicyclic) bond motifs is 1. The highest BCUT2D eigenvalue weighted by Crippen LogP contribution is 2.27. The minimum Gasteiger partial charge on any atom is -0.437 e. The maximum absolute atomic E-state index is 13.0. The third-order valence-electron chi connectivity index (χ3n) is 5.05. The molecule has 0 aliphatic rings. The van der Waals surface area contributed by atoms with Crippen LogP contribution in [0.15, 0.2) is 73.6 Å². The first-order valence-corrected chi connectivity index (χ1v) is 10.8. The molecule has 1 atom stereocenters. The second-order valence-electron chi connectivity index (χ2n) is 7.75. The zero-order chi connectivity index (χ0) is 26.6. The van der Waals surface area contributed by atoms with Crippen LogP contribution in [0.1, 0.15) is 28.9 Å². The van der Waals surface area contributed by atoms with Crippen molar-refractivity contribution in [1.29, 1.82) is 0 Å². The molecule has 2 amide bonds. The van der Waals surface area contributed by atoms with Crippen LogP contribution in [0, 0.1) is 0 Å². The van der Waals surface area contributed by atoms with Crippen molar-refractivity contribution < 1.29 is 32.2 Å². The second kappa shape index (κ2) is 10.4. The molecular formula is C25H20F3N5O4. The summed E-state index contributed by atoms with van der Waals surface area (Å²) in [6.07, 6.45) is -0.900. The van der Waals surface area contributed by atoms with Crippen molar-refractivity contribution in [3.63, 3.8) is 0 Å². The van der Waals surface area contributed by atoms with Crippen LogP contribution in [0.4, 0.5) is 18.9 Å². The highest BCUT2D eigenvalue weighted by Gasteiger charge is 2.31. The normalized spacial score (nSPS) is 12.0. The topological polar surface area (TPSA) is 118 Å². The fraction of sp³-hybridized carbons (Fsp3) is 0.120. The molecule has 0 aliphatic heterocycles. The molecule has 2 aromatic heterocycles. The van der Waals surface area contributed by atoms with Gasteiger partial charge in [-0.15, -0.1) is 13.2 Å². The van der Waals surface area contributed by atoms with Crippen molar-refractivity contribution in [3.05, 3.63) is 84.7 Å². The molecular weight excluding hydrogens is 491 g/mol. The van der Waals surface area contributed by atoms with Gasteiger partial charge in [-0.1, -0.05) is 24.8 Å². The van der Waals surface area contributed by atoms with E-state index in [1.807, 2.05) is 0 Å². The van der Waals surface area contributed by atoms with Crippen molar-refractivity contribution in [1.82, 2.24) is 20.3 Å².